The number of para-hydroxylation sites is 1. The number of anilines is 2. The summed E-state index contributed by atoms with van der Waals surface area (Å²) in [5.41, 5.74) is 6.30. The van der Waals surface area contributed by atoms with Gasteiger partial charge in [0.05, 0.1) is 18.5 Å². The Kier molecular flexibility index (Phi) is 3.72. The van der Waals surface area contributed by atoms with Crippen LogP contribution in [0.2, 0.25) is 5.28 Å². The van der Waals surface area contributed by atoms with E-state index < -0.39 is 0 Å². The van der Waals surface area contributed by atoms with E-state index in [0.717, 1.165) is 11.0 Å². The van der Waals surface area contributed by atoms with Crippen molar-refractivity contribution in [1.29, 1.82) is 0 Å². The number of rotatable bonds is 4. The van der Waals surface area contributed by atoms with Crippen LogP contribution in [-0.4, -0.2) is 22.1 Å². The number of halogens is 1. The van der Waals surface area contributed by atoms with Crippen LogP contribution in [-0.2, 0) is 0 Å². The van der Waals surface area contributed by atoms with Gasteiger partial charge in [0, 0.05) is 0 Å². The number of nitrogens with two attached hydrogens (primary N) is 1. The van der Waals surface area contributed by atoms with Gasteiger partial charge in [-0.2, -0.15) is 15.0 Å². The van der Waals surface area contributed by atoms with Gasteiger partial charge < -0.3 is 20.2 Å². The smallest absolute Gasteiger partial charge is 0.229 e. The summed E-state index contributed by atoms with van der Waals surface area (Å²) in [5.74, 6) is 1.63. The van der Waals surface area contributed by atoms with E-state index in [4.69, 9.17) is 26.5 Å². The predicted molar refractivity (Wildman–Crippen MR) is 84.1 cm³/mol. The number of fused-ring (bicyclic) bond motifs is 1. The zero-order valence-electron chi connectivity index (χ0n) is 12.0. The monoisotopic (exact) mass is 319 g/mol. The summed E-state index contributed by atoms with van der Waals surface area (Å²) in [6.07, 6.45) is 0. The largest absolute Gasteiger partial charge is 0.492 e. The number of furan rings is 1. The first-order valence-electron chi connectivity index (χ1n) is 6.57. The highest BCUT2D eigenvalue weighted by molar-refractivity contribution is 6.28. The molecule has 1 aromatic carbocycles. The molecule has 0 spiro atoms. The van der Waals surface area contributed by atoms with Crippen molar-refractivity contribution in [3.63, 3.8) is 0 Å². The molecule has 7 nitrogen and oxygen atoms in total. The maximum atomic E-state index is 5.86. The van der Waals surface area contributed by atoms with Crippen molar-refractivity contribution in [2.75, 3.05) is 18.2 Å². The van der Waals surface area contributed by atoms with E-state index >= 15 is 0 Å². The van der Waals surface area contributed by atoms with Crippen molar-refractivity contribution in [3.8, 4) is 5.75 Å². The summed E-state index contributed by atoms with van der Waals surface area (Å²) in [6.45, 7) is 1.90. The molecule has 8 heteroatoms. The fraction of sp³-hybridized carbons (Fsp3) is 0.214. The van der Waals surface area contributed by atoms with E-state index in [0.29, 0.717) is 11.5 Å². The molecule has 3 N–H and O–H groups in total. The highest BCUT2D eigenvalue weighted by atomic mass is 35.5. The average Bonchev–Trinajstić information content (AvgIpc) is 2.84. The Balaban J connectivity index is 1.96. The maximum absolute atomic E-state index is 5.86. The number of nitrogen functional groups attached to an aromatic ring is 1. The van der Waals surface area contributed by atoms with Gasteiger partial charge >= 0.3 is 0 Å². The number of hydrogen-bond donors (Lipinski definition) is 2. The lowest BCUT2D eigenvalue weighted by molar-refractivity contribution is 0.391. The van der Waals surface area contributed by atoms with E-state index in [9.17, 15) is 0 Å². The minimum Gasteiger partial charge on any atom is -0.492 e. The minimum atomic E-state index is -0.250. The molecule has 0 bridgehead atoms. The lowest BCUT2D eigenvalue weighted by atomic mass is 10.2. The van der Waals surface area contributed by atoms with Gasteiger partial charge in [0.25, 0.3) is 0 Å². The normalized spacial score (nSPS) is 12.3. The molecular formula is C14H14ClN5O2. The summed E-state index contributed by atoms with van der Waals surface area (Å²) >= 11 is 5.77. The Labute approximate surface area is 131 Å². The molecule has 3 aromatic rings. The highest BCUT2D eigenvalue weighted by Gasteiger charge is 2.21. The van der Waals surface area contributed by atoms with Crippen molar-refractivity contribution in [2.45, 2.75) is 13.0 Å². The van der Waals surface area contributed by atoms with Crippen molar-refractivity contribution < 1.29 is 9.15 Å². The zero-order valence-corrected chi connectivity index (χ0v) is 12.8. The lowest BCUT2D eigenvalue weighted by Crippen LogP contribution is -2.11. The van der Waals surface area contributed by atoms with Gasteiger partial charge in [0.2, 0.25) is 17.2 Å². The molecule has 0 aliphatic heterocycles. The second kappa shape index (κ2) is 5.69. The topological polar surface area (TPSA) is 99.1 Å². The average molecular weight is 320 g/mol. The molecule has 0 aliphatic carbocycles. The number of nitrogens with one attached hydrogen (secondary N) is 1. The Morgan fingerprint density at radius 1 is 1.27 bits per heavy atom. The molecule has 0 radical (unpaired) electrons. The van der Waals surface area contributed by atoms with Crippen LogP contribution in [0.5, 0.6) is 5.75 Å². The van der Waals surface area contributed by atoms with Crippen LogP contribution in [0.15, 0.2) is 28.7 Å². The maximum Gasteiger partial charge on any atom is 0.229 e. The Morgan fingerprint density at radius 2 is 2.05 bits per heavy atom. The zero-order chi connectivity index (χ0) is 15.7. The van der Waals surface area contributed by atoms with Gasteiger partial charge in [-0.1, -0.05) is 12.1 Å². The Hall–Kier alpha value is -2.54. The quantitative estimate of drug-likeness (QED) is 0.762. The SMILES string of the molecule is COc1c(C(C)Nc2nc(N)nc(Cl)n2)oc2ccccc12. The van der Waals surface area contributed by atoms with Crippen LogP contribution in [0, 0.1) is 0 Å². The van der Waals surface area contributed by atoms with Crippen molar-refractivity contribution in [2.24, 2.45) is 0 Å². The fourth-order valence-electron chi connectivity index (χ4n) is 2.23. The van der Waals surface area contributed by atoms with Crippen molar-refractivity contribution in [1.82, 2.24) is 15.0 Å². The van der Waals surface area contributed by atoms with Gasteiger partial charge in [-0.05, 0) is 30.7 Å². The number of nitrogens with zero attached hydrogens (tertiary/aromatic N) is 3. The van der Waals surface area contributed by atoms with Crippen LogP contribution in [0.1, 0.15) is 18.7 Å². The van der Waals surface area contributed by atoms with E-state index in [1.54, 1.807) is 7.11 Å². The molecule has 2 heterocycles. The first kappa shape index (κ1) is 14.4. The number of methoxy groups -OCH3 is 1. The fourth-order valence-corrected chi connectivity index (χ4v) is 2.39. The molecule has 0 saturated carbocycles. The summed E-state index contributed by atoms with van der Waals surface area (Å²) < 4.78 is 11.3. The van der Waals surface area contributed by atoms with Gasteiger partial charge in [0.15, 0.2) is 11.5 Å². The summed E-state index contributed by atoms with van der Waals surface area (Å²) in [7, 11) is 1.60. The molecule has 22 heavy (non-hydrogen) atoms. The van der Waals surface area contributed by atoms with Crippen LogP contribution >= 0.6 is 11.6 Å². The van der Waals surface area contributed by atoms with Gasteiger partial charge in [-0.15, -0.1) is 0 Å². The molecule has 0 saturated heterocycles. The van der Waals surface area contributed by atoms with Crippen LogP contribution in [0.4, 0.5) is 11.9 Å². The summed E-state index contributed by atoms with van der Waals surface area (Å²) in [6, 6.07) is 7.39. The summed E-state index contributed by atoms with van der Waals surface area (Å²) in [5, 5.41) is 4.01. The standard InChI is InChI=1S/C14H14ClN5O2/c1-7(17-14-19-12(15)18-13(16)20-14)10-11(21-2)8-5-3-4-6-9(8)22-10/h3-7H,1-2H3,(H3,16,17,18,19,20). The van der Waals surface area contributed by atoms with Crippen molar-refractivity contribution >= 4 is 34.5 Å². The third kappa shape index (κ3) is 2.62. The van der Waals surface area contributed by atoms with Crippen LogP contribution in [0.3, 0.4) is 0 Å². The molecule has 0 fully saturated rings. The van der Waals surface area contributed by atoms with E-state index in [-0.39, 0.29) is 23.2 Å². The van der Waals surface area contributed by atoms with Gasteiger partial charge in [0.1, 0.15) is 5.58 Å². The molecule has 1 unspecified atom stereocenters. The number of aromatic nitrogens is 3. The highest BCUT2D eigenvalue weighted by Crippen LogP contribution is 2.37. The minimum absolute atomic E-state index is 0.0266. The lowest BCUT2D eigenvalue weighted by Gasteiger charge is -2.13. The molecule has 2 aromatic heterocycles. The Morgan fingerprint density at radius 3 is 2.77 bits per heavy atom. The first-order chi connectivity index (χ1) is 10.6. The molecule has 3 rings (SSSR count). The van der Waals surface area contributed by atoms with E-state index in [2.05, 4.69) is 20.3 Å². The second-order valence-corrected chi connectivity index (χ2v) is 4.99. The summed E-state index contributed by atoms with van der Waals surface area (Å²) in [4.78, 5) is 11.7. The third-order valence-electron chi connectivity index (χ3n) is 3.14. The molecule has 1 atom stereocenters. The van der Waals surface area contributed by atoms with Gasteiger partial charge in [-0.25, -0.2) is 0 Å². The van der Waals surface area contributed by atoms with E-state index in [1.807, 2.05) is 31.2 Å². The number of hydrogen-bond acceptors (Lipinski definition) is 7. The number of benzene rings is 1. The molecule has 0 aliphatic rings. The van der Waals surface area contributed by atoms with Crippen LogP contribution < -0.4 is 15.8 Å². The van der Waals surface area contributed by atoms with Gasteiger partial charge in [-0.3, -0.25) is 0 Å². The number of ether oxygens (including phenoxy) is 1. The van der Waals surface area contributed by atoms with E-state index in [1.165, 1.54) is 0 Å². The van der Waals surface area contributed by atoms with Crippen molar-refractivity contribution in [3.05, 3.63) is 35.3 Å². The van der Waals surface area contributed by atoms with Crippen LogP contribution in [0.25, 0.3) is 11.0 Å². The Bertz CT molecular complexity index is 800. The third-order valence-corrected chi connectivity index (χ3v) is 3.31. The predicted octanol–water partition coefficient (Wildman–Crippen LogP) is 3.04. The molecule has 0 amide bonds. The second-order valence-electron chi connectivity index (χ2n) is 4.65. The molecule has 114 valence electrons. The molecular weight excluding hydrogens is 306 g/mol. The first-order valence-corrected chi connectivity index (χ1v) is 6.95.